The van der Waals surface area contributed by atoms with Crippen molar-refractivity contribution >= 4 is 5.91 Å². The first-order valence-electron chi connectivity index (χ1n) is 23.6. The number of amides is 1. The molecule has 346 valence electrons. The second kappa shape index (κ2) is 40.9. The van der Waals surface area contributed by atoms with Crippen molar-refractivity contribution in [3.05, 3.63) is 109 Å². The van der Waals surface area contributed by atoms with E-state index in [2.05, 4.69) is 116 Å². The molecule has 6 N–H and O–H groups in total. The molecule has 0 aromatic heterocycles. The van der Waals surface area contributed by atoms with E-state index < -0.39 is 49.5 Å². The summed E-state index contributed by atoms with van der Waals surface area (Å²) >= 11 is 0. The number of allylic oxidation sites excluding steroid dienone is 17. The maximum absolute atomic E-state index is 12.9. The van der Waals surface area contributed by atoms with E-state index in [-0.39, 0.29) is 18.9 Å². The third kappa shape index (κ3) is 31.4. The number of hydrogen-bond donors (Lipinski definition) is 6. The zero-order chi connectivity index (χ0) is 44.4. The fourth-order valence-electron chi connectivity index (χ4n) is 6.58. The minimum Gasteiger partial charge on any atom is -0.394 e. The quantitative estimate of drug-likeness (QED) is 0.0267. The van der Waals surface area contributed by atoms with Crippen LogP contribution in [0.3, 0.4) is 0 Å². The number of aliphatic hydroxyl groups excluding tert-OH is 5. The van der Waals surface area contributed by atoms with E-state index in [0.717, 1.165) is 83.5 Å². The molecule has 7 atom stereocenters. The van der Waals surface area contributed by atoms with Crippen molar-refractivity contribution in [2.75, 3.05) is 13.2 Å². The topological polar surface area (TPSA) is 149 Å². The number of hydrogen-bond acceptors (Lipinski definition) is 8. The number of nitrogens with one attached hydrogen (secondary N) is 1. The van der Waals surface area contributed by atoms with Crippen LogP contribution in [0.2, 0.25) is 0 Å². The monoisotopic (exact) mass is 852 g/mol. The summed E-state index contributed by atoms with van der Waals surface area (Å²) in [6.45, 7) is 3.59. The van der Waals surface area contributed by atoms with Gasteiger partial charge >= 0.3 is 0 Å². The van der Waals surface area contributed by atoms with Crippen LogP contribution in [0.1, 0.15) is 155 Å². The van der Waals surface area contributed by atoms with Crippen LogP contribution in [0.5, 0.6) is 0 Å². The molecule has 0 aromatic carbocycles. The highest BCUT2D eigenvalue weighted by Crippen LogP contribution is 2.22. The Labute approximate surface area is 370 Å². The third-order valence-electron chi connectivity index (χ3n) is 10.4. The maximum Gasteiger partial charge on any atom is 0.220 e. The lowest BCUT2D eigenvalue weighted by Gasteiger charge is -2.40. The molecule has 1 fully saturated rings. The van der Waals surface area contributed by atoms with E-state index in [0.29, 0.717) is 6.42 Å². The minimum absolute atomic E-state index is 0.214. The van der Waals surface area contributed by atoms with Gasteiger partial charge in [-0.25, -0.2) is 0 Å². The van der Waals surface area contributed by atoms with Crippen molar-refractivity contribution in [1.82, 2.24) is 5.32 Å². The molecule has 0 radical (unpaired) electrons. The van der Waals surface area contributed by atoms with Gasteiger partial charge in [-0.3, -0.25) is 4.79 Å². The third-order valence-corrected chi connectivity index (χ3v) is 10.4. The van der Waals surface area contributed by atoms with Crippen LogP contribution in [0.15, 0.2) is 109 Å². The minimum atomic E-state index is -1.58. The molecule has 0 aliphatic carbocycles. The average Bonchev–Trinajstić information content (AvgIpc) is 3.26. The predicted octanol–water partition coefficient (Wildman–Crippen LogP) is 10.3. The first-order valence-corrected chi connectivity index (χ1v) is 23.6. The summed E-state index contributed by atoms with van der Waals surface area (Å²) in [6, 6.07) is -0.834. The lowest BCUT2D eigenvalue weighted by atomic mass is 9.99. The van der Waals surface area contributed by atoms with Gasteiger partial charge in [0, 0.05) is 6.42 Å². The summed E-state index contributed by atoms with van der Waals surface area (Å²) in [5.41, 5.74) is 0. The molecule has 1 heterocycles. The van der Waals surface area contributed by atoms with E-state index in [1.54, 1.807) is 6.08 Å². The number of ether oxygens (including phenoxy) is 2. The highest BCUT2D eigenvalue weighted by molar-refractivity contribution is 5.76. The molecule has 1 aliphatic rings. The Morgan fingerprint density at radius 2 is 1.02 bits per heavy atom. The van der Waals surface area contributed by atoms with Crippen molar-refractivity contribution in [1.29, 1.82) is 0 Å². The molecule has 61 heavy (non-hydrogen) atoms. The summed E-state index contributed by atoms with van der Waals surface area (Å²) in [6.07, 6.45) is 52.8. The fourth-order valence-corrected chi connectivity index (χ4v) is 6.58. The molecule has 1 saturated heterocycles. The SMILES string of the molecule is CC/C=C\C/C=C\C/C=C\C/C=C\C/C=C\C/C=C\C/C=C\C/C=C\CCCCC(=O)NC(COC1OC(CO)C(O)C(O)C1O)C(O)/C=C/CCCCCCCCCCC. The predicted molar refractivity (Wildman–Crippen MR) is 253 cm³/mol. The summed E-state index contributed by atoms with van der Waals surface area (Å²) < 4.78 is 11.2. The molecule has 0 bridgehead atoms. The molecule has 9 nitrogen and oxygen atoms in total. The largest absolute Gasteiger partial charge is 0.394 e. The normalized spacial score (nSPS) is 21.5. The first-order chi connectivity index (χ1) is 29.8. The number of aliphatic hydroxyl groups is 5. The second-order valence-electron chi connectivity index (χ2n) is 15.8. The van der Waals surface area contributed by atoms with Gasteiger partial charge in [0.15, 0.2) is 6.29 Å². The Hall–Kier alpha value is -3.15. The van der Waals surface area contributed by atoms with Crippen LogP contribution in [-0.2, 0) is 14.3 Å². The zero-order valence-electron chi connectivity index (χ0n) is 37.9. The van der Waals surface area contributed by atoms with Gasteiger partial charge in [-0.2, -0.15) is 0 Å². The summed E-state index contributed by atoms with van der Waals surface area (Å²) in [5.74, 6) is -0.227. The van der Waals surface area contributed by atoms with Gasteiger partial charge in [-0.15, -0.1) is 0 Å². The summed E-state index contributed by atoms with van der Waals surface area (Å²) in [7, 11) is 0. The Bertz CT molecular complexity index is 1310. The van der Waals surface area contributed by atoms with Gasteiger partial charge in [0.25, 0.3) is 0 Å². The number of carbonyl (C=O) groups is 1. The van der Waals surface area contributed by atoms with Crippen LogP contribution in [0.4, 0.5) is 0 Å². The van der Waals surface area contributed by atoms with Crippen LogP contribution in [0.25, 0.3) is 0 Å². The Balaban J connectivity index is 2.34. The van der Waals surface area contributed by atoms with Gasteiger partial charge in [-0.1, -0.05) is 175 Å². The lowest BCUT2D eigenvalue weighted by Crippen LogP contribution is -2.60. The van der Waals surface area contributed by atoms with Crippen molar-refractivity contribution in [3.8, 4) is 0 Å². The number of carbonyl (C=O) groups excluding carboxylic acids is 1. The van der Waals surface area contributed by atoms with Crippen molar-refractivity contribution in [2.45, 2.75) is 198 Å². The van der Waals surface area contributed by atoms with E-state index >= 15 is 0 Å². The molecular weight excluding hydrogens is 767 g/mol. The maximum atomic E-state index is 12.9. The molecule has 0 spiro atoms. The van der Waals surface area contributed by atoms with Crippen LogP contribution in [-0.4, -0.2) is 87.5 Å². The summed E-state index contributed by atoms with van der Waals surface area (Å²) in [5, 5.41) is 54.1. The van der Waals surface area contributed by atoms with E-state index in [1.165, 1.54) is 44.9 Å². The zero-order valence-corrected chi connectivity index (χ0v) is 37.9. The smallest absolute Gasteiger partial charge is 0.220 e. The molecule has 9 heteroatoms. The van der Waals surface area contributed by atoms with E-state index in [4.69, 9.17) is 9.47 Å². The highest BCUT2D eigenvalue weighted by atomic mass is 16.7. The standard InChI is InChI=1S/C52H85NO8/c1-3-5-7-9-11-13-15-16-17-18-19-20-21-22-23-24-25-26-27-28-29-30-32-34-36-38-40-42-48(56)53-45(44-60-52-51(59)50(58)49(57)47(43-54)61-52)46(55)41-39-37-35-33-31-14-12-10-8-6-4-2/h5,7,11,13,16-17,19-20,22-23,25-26,28-29,32,34,39,41,45-47,49-52,54-55,57-59H,3-4,6,8-10,12,14-15,18,21,24,27,30-31,33,35-38,40,42-44H2,1-2H3,(H,53,56)/b7-5-,13-11-,17-16-,20-19-,23-22-,26-25-,29-28-,34-32-,41-39+. The molecule has 7 unspecified atom stereocenters. The van der Waals surface area contributed by atoms with E-state index in [1.807, 2.05) is 6.08 Å². The van der Waals surface area contributed by atoms with Gasteiger partial charge in [0.05, 0.1) is 25.4 Å². The van der Waals surface area contributed by atoms with E-state index in [9.17, 15) is 30.3 Å². The Morgan fingerprint density at radius 1 is 0.574 bits per heavy atom. The number of unbranched alkanes of at least 4 members (excludes halogenated alkanes) is 11. The van der Waals surface area contributed by atoms with Crippen LogP contribution < -0.4 is 5.32 Å². The van der Waals surface area contributed by atoms with Gasteiger partial charge in [0.1, 0.15) is 24.4 Å². The second-order valence-corrected chi connectivity index (χ2v) is 15.8. The van der Waals surface area contributed by atoms with Crippen LogP contribution >= 0.6 is 0 Å². The molecule has 1 rings (SSSR count). The molecule has 0 saturated carbocycles. The average molecular weight is 852 g/mol. The number of rotatable bonds is 37. The van der Waals surface area contributed by atoms with Gasteiger partial charge in [0.2, 0.25) is 5.91 Å². The Kier molecular flexibility index (Phi) is 37.5. The molecule has 1 amide bonds. The lowest BCUT2D eigenvalue weighted by molar-refractivity contribution is -0.302. The highest BCUT2D eigenvalue weighted by Gasteiger charge is 2.44. The molecular formula is C52H85NO8. The van der Waals surface area contributed by atoms with Crippen molar-refractivity contribution in [2.24, 2.45) is 0 Å². The van der Waals surface area contributed by atoms with Crippen molar-refractivity contribution in [3.63, 3.8) is 0 Å². The fraction of sp³-hybridized carbons (Fsp3) is 0.635. The summed E-state index contributed by atoms with van der Waals surface area (Å²) in [4.78, 5) is 12.9. The molecule has 0 aromatic rings. The van der Waals surface area contributed by atoms with Gasteiger partial charge in [-0.05, 0) is 83.5 Å². The van der Waals surface area contributed by atoms with Crippen molar-refractivity contribution < 1.29 is 39.8 Å². The van der Waals surface area contributed by atoms with Crippen LogP contribution in [0, 0.1) is 0 Å². The molecule has 1 aliphatic heterocycles. The van der Waals surface area contributed by atoms with Gasteiger partial charge < -0.3 is 40.3 Å². The Morgan fingerprint density at radius 3 is 1.51 bits per heavy atom. The first kappa shape index (κ1) is 55.9.